The van der Waals surface area contributed by atoms with Crippen molar-refractivity contribution in [3.8, 4) is 0 Å². The number of amides is 5. The zero-order valence-electron chi connectivity index (χ0n) is 29.0. The van der Waals surface area contributed by atoms with Gasteiger partial charge >= 0.3 is 0 Å². The lowest BCUT2D eigenvalue weighted by atomic mass is 10.0. The van der Waals surface area contributed by atoms with Crippen LogP contribution in [0.3, 0.4) is 0 Å². The number of carbonyl (C=O) groups is 5. The third kappa shape index (κ3) is 8.66. The molecule has 0 spiro atoms. The summed E-state index contributed by atoms with van der Waals surface area (Å²) >= 11 is 0. The number of para-hydroxylation sites is 1. The SMILES string of the molecule is C[C@H]1C(=O)N[C@@H](Cc2ccccc2)C(=O)NCCN(C(=O)c2ccc(CN3CCCC3)o2)CC(=O)N[C@@H](Cc2c[nH]c3ccccc23)C(=O)N1C. The summed E-state index contributed by atoms with van der Waals surface area (Å²) in [5.41, 5.74) is 2.52. The van der Waals surface area contributed by atoms with Crippen LogP contribution in [-0.2, 0) is 38.6 Å². The van der Waals surface area contributed by atoms with Gasteiger partial charge in [0, 0.05) is 50.1 Å². The fourth-order valence-electron chi connectivity index (χ4n) is 6.68. The molecule has 2 aromatic heterocycles. The Kier molecular flexibility index (Phi) is 11.2. The molecule has 2 fully saturated rings. The van der Waals surface area contributed by atoms with Crippen molar-refractivity contribution in [2.24, 2.45) is 0 Å². The van der Waals surface area contributed by atoms with Crippen molar-refractivity contribution in [2.75, 3.05) is 39.8 Å². The van der Waals surface area contributed by atoms with E-state index in [1.807, 2.05) is 54.6 Å². The van der Waals surface area contributed by atoms with Gasteiger partial charge in [-0.05, 0) is 62.2 Å². The number of rotatable bonds is 7. The van der Waals surface area contributed by atoms with Crippen LogP contribution in [0.15, 0.2) is 77.3 Å². The number of carbonyl (C=O) groups excluding carboxylic acids is 5. The average molecular weight is 696 g/mol. The van der Waals surface area contributed by atoms with Crippen LogP contribution in [0.25, 0.3) is 10.9 Å². The van der Waals surface area contributed by atoms with E-state index in [2.05, 4.69) is 25.8 Å². The number of benzene rings is 2. The fraction of sp³-hybridized carbons (Fsp3) is 0.395. The van der Waals surface area contributed by atoms with Crippen LogP contribution in [0.5, 0.6) is 0 Å². The monoisotopic (exact) mass is 695 g/mol. The first kappa shape index (κ1) is 35.4. The molecule has 13 nitrogen and oxygen atoms in total. The summed E-state index contributed by atoms with van der Waals surface area (Å²) in [6.45, 7) is 3.69. The summed E-state index contributed by atoms with van der Waals surface area (Å²) in [5.74, 6) is -1.83. The molecule has 3 atom stereocenters. The van der Waals surface area contributed by atoms with Gasteiger partial charge in [-0.25, -0.2) is 0 Å². The summed E-state index contributed by atoms with van der Waals surface area (Å²) in [6, 6.07) is 17.3. The molecule has 2 aliphatic heterocycles. The number of aromatic nitrogens is 1. The molecule has 0 radical (unpaired) electrons. The summed E-state index contributed by atoms with van der Waals surface area (Å²) in [7, 11) is 1.50. The molecule has 4 aromatic rings. The number of nitrogens with zero attached hydrogens (tertiary/aromatic N) is 3. The Hall–Kier alpha value is -5.43. The zero-order valence-corrected chi connectivity index (χ0v) is 29.0. The quantitative estimate of drug-likeness (QED) is 0.231. The number of hydrogen-bond acceptors (Lipinski definition) is 7. The van der Waals surface area contributed by atoms with Crippen LogP contribution in [0.1, 0.15) is 47.2 Å². The van der Waals surface area contributed by atoms with Gasteiger partial charge in [0.05, 0.1) is 6.54 Å². The highest BCUT2D eigenvalue weighted by Gasteiger charge is 2.34. The van der Waals surface area contributed by atoms with Gasteiger partial charge < -0.3 is 35.2 Å². The first-order valence-corrected chi connectivity index (χ1v) is 17.5. The van der Waals surface area contributed by atoms with Crippen molar-refractivity contribution in [2.45, 2.75) is 57.3 Å². The second-order valence-electron chi connectivity index (χ2n) is 13.3. The molecule has 0 saturated carbocycles. The van der Waals surface area contributed by atoms with Gasteiger partial charge in [-0.15, -0.1) is 0 Å². The molecule has 4 N–H and O–H groups in total. The number of likely N-dealkylation sites (N-methyl/N-ethyl adjacent to an activating group) is 1. The Labute approximate surface area is 296 Å². The molecular weight excluding hydrogens is 650 g/mol. The summed E-state index contributed by atoms with van der Waals surface area (Å²) in [4.78, 5) is 76.9. The van der Waals surface area contributed by atoms with E-state index in [0.29, 0.717) is 12.3 Å². The Morgan fingerprint density at radius 3 is 2.37 bits per heavy atom. The van der Waals surface area contributed by atoms with E-state index in [1.165, 1.54) is 16.8 Å². The molecule has 2 aliphatic rings. The largest absolute Gasteiger partial charge is 0.455 e. The molecular formula is C38H45N7O6. The third-order valence-electron chi connectivity index (χ3n) is 9.71. The summed E-state index contributed by atoms with van der Waals surface area (Å²) < 4.78 is 5.95. The second kappa shape index (κ2) is 16.1. The first-order valence-electron chi connectivity index (χ1n) is 17.5. The molecule has 2 saturated heterocycles. The van der Waals surface area contributed by atoms with Crippen LogP contribution in [0.2, 0.25) is 0 Å². The lowest BCUT2D eigenvalue weighted by Gasteiger charge is -2.30. The molecule has 6 rings (SSSR count). The van der Waals surface area contributed by atoms with Crippen LogP contribution >= 0.6 is 0 Å². The molecule has 4 heterocycles. The van der Waals surface area contributed by atoms with E-state index in [4.69, 9.17) is 4.42 Å². The number of likely N-dealkylation sites (tertiary alicyclic amines) is 1. The predicted molar refractivity (Wildman–Crippen MR) is 190 cm³/mol. The van der Waals surface area contributed by atoms with Crippen molar-refractivity contribution >= 4 is 40.4 Å². The van der Waals surface area contributed by atoms with E-state index < -0.39 is 54.2 Å². The standard InChI is InChI=1S/C38H45N7O6/c1-25-35(47)42-31(20-26-10-4-3-5-11-26)36(48)39-16-19-45(38(50)33-15-14-28(51-33)23-44-17-8-9-18-44)24-34(46)41-32(37(49)43(25)2)21-27-22-40-30-13-7-6-12-29(27)30/h3-7,10-15,22,25,31-32,40H,8-9,16-21,23-24H2,1-2H3,(H,39,48)(H,41,46)(H,42,47)/t25-,31-,32-/m0/s1. The highest BCUT2D eigenvalue weighted by Crippen LogP contribution is 2.21. The Morgan fingerprint density at radius 1 is 0.843 bits per heavy atom. The smallest absolute Gasteiger partial charge is 0.290 e. The van der Waals surface area contributed by atoms with Crippen molar-refractivity contribution in [3.63, 3.8) is 0 Å². The number of nitrogens with one attached hydrogen (secondary N) is 4. The lowest BCUT2D eigenvalue weighted by molar-refractivity contribution is -0.142. The van der Waals surface area contributed by atoms with E-state index in [1.54, 1.807) is 25.3 Å². The van der Waals surface area contributed by atoms with Crippen LogP contribution in [0.4, 0.5) is 0 Å². The number of H-pyrrole nitrogens is 1. The maximum Gasteiger partial charge on any atom is 0.290 e. The zero-order chi connectivity index (χ0) is 35.9. The van der Waals surface area contributed by atoms with Gasteiger partial charge in [-0.3, -0.25) is 28.9 Å². The maximum atomic E-state index is 14.1. The molecule has 0 aliphatic carbocycles. The van der Waals surface area contributed by atoms with E-state index in [9.17, 15) is 24.0 Å². The number of furan rings is 1. The fourth-order valence-corrected chi connectivity index (χ4v) is 6.68. The Morgan fingerprint density at radius 2 is 1.59 bits per heavy atom. The topological polar surface area (TPSA) is 160 Å². The summed E-state index contributed by atoms with van der Waals surface area (Å²) in [6.07, 6.45) is 4.38. The van der Waals surface area contributed by atoms with E-state index in [-0.39, 0.29) is 31.7 Å². The van der Waals surface area contributed by atoms with Crippen LogP contribution in [0, 0.1) is 0 Å². The minimum absolute atomic E-state index is 0.00745. The van der Waals surface area contributed by atoms with E-state index in [0.717, 1.165) is 48.0 Å². The minimum Gasteiger partial charge on any atom is -0.455 e. The Balaban J connectivity index is 1.28. The lowest BCUT2D eigenvalue weighted by Crippen LogP contribution is -2.57. The number of hydrogen-bond donors (Lipinski definition) is 4. The molecule has 268 valence electrons. The number of fused-ring (bicyclic) bond motifs is 1. The predicted octanol–water partition coefficient (Wildman–Crippen LogP) is 2.23. The molecule has 0 bridgehead atoms. The first-order chi connectivity index (χ1) is 24.7. The average Bonchev–Trinajstić information content (AvgIpc) is 3.92. The normalized spacial score (nSPS) is 21.6. The van der Waals surface area contributed by atoms with Gasteiger partial charge in [-0.2, -0.15) is 0 Å². The minimum atomic E-state index is -1.06. The van der Waals surface area contributed by atoms with Crippen molar-refractivity contribution in [1.82, 2.24) is 35.6 Å². The molecule has 13 heteroatoms. The molecule has 5 amide bonds. The second-order valence-corrected chi connectivity index (χ2v) is 13.3. The highest BCUT2D eigenvalue weighted by molar-refractivity contribution is 5.97. The van der Waals surface area contributed by atoms with Gasteiger partial charge in [0.25, 0.3) is 5.91 Å². The number of aromatic amines is 1. The van der Waals surface area contributed by atoms with Crippen LogP contribution < -0.4 is 16.0 Å². The maximum absolute atomic E-state index is 14.1. The summed E-state index contributed by atoms with van der Waals surface area (Å²) in [5, 5.41) is 9.42. The van der Waals surface area contributed by atoms with Crippen LogP contribution in [-0.4, -0.2) is 107 Å². The van der Waals surface area contributed by atoms with Crippen molar-refractivity contribution in [3.05, 3.63) is 95.6 Å². The van der Waals surface area contributed by atoms with Crippen molar-refractivity contribution in [1.29, 1.82) is 0 Å². The van der Waals surface area contributed by atoms with Gasteiger partial charge in [0.2, 0.25) is 23.6 Å². The molecule has 0 unspecified atom stereocenters. The van der Waals surface area contributed by atoms with Gasteiger partial charge in [0.1, 0.15) is 30.4 Å². The van der Waals surface area contributed by atoms with Crippen molar-refractivity contribution < 1.29 is 28.4 Å². The molecule has 2 aromatic carbocycles. The van der Waals surface area contributed by atoms with E-state index >= 15 is 0 Å². The van der Waals surface area contributed by atoms with Gasteiger partial charge in [0.15, 0.2) is 5.76 Å². The third-order valence-corrected chi connectivity index (χ3v) is 9.71. The molecule has 51 heavy (non-hydrogen) atoms. The highest BCUT2D eigenvalue weighted by atomic mass is 16.4. The Bertz CT molecular complexity index is 1860. The van der Waals surface area contributed by atoms with Gasteiger partial charge in [-0.1, -0.05) is 48.5 Å².